The third kappa shape index (κ3) is 2.55. The molecule has 3 heterocycles. The number of nitrogens with zero attached hydrogens (tertiary/aromatic N) is 2. The molecule has 7 nitrogen and oxygen atoms in total. The maximum atomic E-state index is 13.8. The Morgan fingerprint density at radius 1 is 1.19 bits per heavy atom. The van der Waals surface area contributed by atoms with Crippen LogP contribution < -0.4 is 9.64 Å². The standard InChI is InChI=1S/C24H24N2O5/c1-4-30-21(27)19-17-13-31-18-11-6-5-10-16(18)20(17)26-23(29)25(22(28)24(19,26)3)15-9-7-8-14(2)12-15/h5-12,17,19-20H,4,13H2,1-3H3/t17-,19+,20+,24-/m1/s1. The summed E-state index contributed by atoms with van der Waals surface area (Å²) in [7, 11) is 0. The van der Waals surface area contributed by atoms with Gasteiger partial charge < -0.3 is 14.4 Å². The summed E-state index contributed by atoms with van der Waals surface area (Å²) in [6.45, 7) is 5.76. The van der Waals surface area contributed by atoms with Crippen LogP contribution in [0.1, 0.15) is 31.0 Å². The molecule has 3 amide bonds. The summed E-state index contributed by atoms with van der Waals surface area (Å²) in [6, 6.07) is 13.9. The van der Waals surface area contributed by atoms with E-state index >= 15 is 0 Å². The van der Waals surface area contributed by atoms with Crippen molar-refractivity contribution >= 4 is 23.6 Å². The molecule has 3 aliphatic rings. The molecule has 0 radical (unpaired) electrons. The summed E-state index contributed by atoms with van der Waals surface area (Å²) in [5, 5.41) is 0. The molecule has 2 aromatic carbocycles. The minimum Gasteiger partial charge on any atom is -0.493 e. The normalized spacial score (nSPS) is 28.7. The van der Waals surface area contributed by atoms with Gasteiger partial charge in [0.25, 0.3) is 5.91 Å². The van der Waals surface area contributed by atoms with Crippen molar-refractivity contribution in [3.8, 4) is 5.75 Å². The van der Waals surface area contributed by atoms with Crippen molar-refractivity contribution in [3.63, 3.8) is 0 Å². The molecule has 7 heteroatoms. The molecule has 0 aliphatic carbocycles. The number of urea groups is 1. The molecule has 4 atom stereocenters. The van der Waals surface area contributed by atoms with E-state index in [1.807, 2.05) is 43.3 Å². The molecule has 3 aliphatic heterocycles. The highest BCUT2D eigenvalue weighted by Crippen LogP contribution is 2.58. The van der Waals surface area contributed by atoms with Crippen molar-refractivity contribution < 1.29 is 23.9 Å². The number of fused-ring (bicyclic) bond motifs is 5. The molecule has 0 bridgehead atoms. The van der Waals surface area contributed by atoms with Gasteiger partial charge in [-0.2, -0.15) is 0 Å². The van der Waals surface area contributed by atoms with E-state index in [-0.39, 0.29) is 19.1 Å². The van der Waals surface area contributed by atoms with E-state index in [0.29, 0.717) is 11.4 Å². The van der Waals surface area contributed by atoms with Gasteiger partial charge >= 0.3 is 12.0 Å². The van der Waals surface area contributed by atoms with Crippen molar-refractivity contribution in [2.75, 3.05) is 18.1 Å². The largest absolute Gasteiger partial charge is 0.493 e. The smallest absolute Gasteiger partial charge is 0.332 e. The van der Waals surface area contributed by atoms with E-state index in [1.54, 1.807) is 30.9 Å². The average molecular weight is 420 g/mol. The second kappa shape index (κ2) is 6.83. The van der Waals surface area contributed by atoms with Gasteiger partial charge in [0.1, 0.15) is 11.3 Å². The number of hydrogen-bond acceptors (Lipinski definition) is 5. The molecular formula is C24H24N2O5. The number of imide groups is 1. The van der Waals surface area contributed by atoms with Crippen LogP contribution in [0.25, 0.3) is 0 Å². The molecule has 0 aromatic heterocycles. The van der Waals surface area contributed by atoms with Gasteiger partial charge in [-0.1, -0.05) is 30.3 Å². The third-order valence-corrected chi connectivity index (χ3v) is 6.72. The van der Waals surface area contributed by atoms with E-state index < -0.39 is 35.4 Å². The number of benzene rings is 2. The second-order valence-electron chi connectivity index (χ2n) is 8.47. The first-order valence-corrected chi connectivity index (χ1v) is 10.5. The van der Waals surface area contributed by atoms with Crippen LogP contribution in [-0.4, -0.2) is 41.6 Å². The Morgan fingerprint density at radius 3 is 2.71 bits per heavy atom. The molecule has 0 unspecified atom stereocenters. The maximum absolute atomic E-state index is 13.8. The zero-order valence-electron chi connectivity index (χ0n) is 17.7. The van der Waals surface area contributed by atoms with Gasteiger partial charge in [0, 0.05) is 11.5 Å². The Bertz CT molecular complexity index is 1100. The van der Waals surface area contributed by atoms with Crippen LogP contribution in [-0.2, 0) is 14.3 Å². The number of carbonyl (C=O) groups excluding carboxylic acids is 3. The molecule has 160 valence electrons. The fourth-order valence-corrected chi connectivity index (χ4v) is 5.43. The van der Waals surface area contributed by atoms with Gasteiger partial charge in [0.05, 0.1) is 30.9 Å². The SMILES string of the molecule is CCOC(=O)[C@@H]1[C@H]2COc3ccccc3[C@@H]2N2C(=O)N(c3cccc(C)c3)C(=O)[C@@]12C. The summed E-state index contributed by atoms with van der Waals surface area (Å²) >= 11 is 0. The lowest BCUT2D eigenvalue weighted by Gasteiger charge is -2.34. The first-order chi connectivity index (χ1) is 14.9. The van der Waals surface area contributed by atoms with Crippen LogP contribution in [0.2, 0.25) is 0 Å². The number of ether oxygens (including phenoxy) is 2. The summed E-state index contributed by atoms with van der Waals surface area (Å²) < 4.78 is 11.3. The predicted molar refractivity (Wildman–Crippen MR) is 113 cm³/mol. The van der Waals surface area contributed by atoms with Crippen molar-refractivity contribution in [3.05, 3.63) is 59.7 Å². The minimum absolute atomic E-state index is 0.198. The number of carbonyl (C=O) groups is 3. The molecule has 0 N–H and O–H groups in total. The lowest BCUT2D eigenvalue weighted by atomic mass is 9.77. The number of anilines is 1. The van der Waals surface area contributed by atoms with E-state index in [1.165, 1.54) is 4.90 Å². The summed E-state index contributed by atoms with van der Waals surface area (Å²) in [4.78, 5) is 43.5. The lowest BCUT2D eigenvalue weighted by molar-refractivity contribution is -0.154. The maximum Gasteiger partial charge on any atom is 0.332 e. The zero-order chi connectivity index (χ0) is 21.9. The summed E-state index contributed by atoms with van der Waals surface area (Å²) in [6.07, 6.45) is 0. The van der Waals surface area contributed by atoms with Crippen LogP contribution in [0, 0.1) is 18.8 Å². The molecule has 2 aromatic rings. The van der Waals surface area contributed by atoms with E-state index in [9.17, 15) is 14.4 Å². The fourth-order valence-electron chi connectivity index (χ4n) is 5.43. The van der Waals surface area contributed by atoms with Gasteiger partial charge in [-0.25, -0.2) is 9.69 Å². The summed E-state index contributed by atoms with van der Waals surface area (Å²) in [5.74, 6) is -1.40. The topological polar surface area (TPSA) is 76.2 Å². The van der Waals surface area contributed by atoms with Gasteiger partial charge in [0.2, 0.25) is 0 Å². The fraction of sp³-hybridized carbons (Fsp3) is 0.375. The highest BCUT2D eigenvalue weighted by molar-refractivity contribution is 6.24. The lowest BCUT2D eigenvalue weighted by Crippen LogP contribution is -2.51. The van der Waals surface area contributed by atoms with Gasteiger partial charge in [-0.05, 0) is 44.5 Å². The number of hydrogen-bond donors (Lipinski definition) is 0. The van der Waals surface area contributed by atoms with Crippen LogP contribution in [0.3, 0.4) is 0 Å². The van der Waals surface area contributed by atoms with Gasteiger partial charge in [0.15, 0.2) is 0 Å². The Morgan fingerprint density at radius 2 is 1.97 bits per heavy atom. The molecule has 0 spiro atoms. The Kier molecular flexibility index (Phi) is 4.32. The predicted octanol–water partition coefficient (Wildman–Crippen LogP) is 3.47. The quantitative estimate of drug-likeness (QED) is 0.561. The molecule has 0 saturated carbocycles. The van der Waals surface area contributed by atoms with Crippen molar-refractivity contribution in [2.45, 2.75) is 32.4 Å². The molecule has 31 heavy (non-hydrogen) atoms. The number of esters is 1. The van der Waals surface area contributed by atoms with E-state index in [0.717, 1.165) is 11.1 Å². The Balaban J connectivity index is 1.69. The minimum atomic E-state index is -1.36. The highest BCUT2D eigenvalue weighted by Gasteiger charge is 2.72. The van der Waals surface area contributed by atoms with Crippen LogP contribution >= 0.6 is 0 Å². The molecule has 2 saturated heterocycles. The van der Waals surface area contributed by atoms with Crippen molar-refractivity contribution in [1.29, 1.82) is 0 Å². The summed E-state index contributed by atoms with van der Waals surface area (Å²) in [5.41, 5.74) is 0.893. The monoisotopic (exact) mass is 420 g/mol. The van der Waals surface area contributed by atoms with Gasteiger partial charge in [-0.15, -0.1) is 0 Å². The Labute approximate surface area is 180 Å². The van der Waals surface area contributed by atoms with Gasteiger partial charge in [-0.3, -0.25) is 9.59 Å². The molecular weight excluding hydrogens is 396 g/mol. The average Bonchev–Trinajstić information content (AvgIpc) is 3.13. The van der Waals surface area contributed by atoms with Crippen LogP contribution in [0.5, 0.6) is 5.75 Å². The van der Waals surface area contributed by atoms with Crippen LogP contribution in [0.15, 0.2) is 48.5 Å². The number of aryl methyl sites for hydroxylation is 1. The van der Waals surface area contributed by atoms with Crippen LogP contribution in [0.4, 0.5) is 10.5 Å². The second-order valence-corrected chi connectivity index (χ2v) is 8.47. The third-order valence-electron chi connectivity index (χ3n) is 6.72. The van der Waals surface area contributed by atoms with E-state index in [4.69, 9.17) is 9.47 Å². The Hall–Kier alpha value is -3.35. The van der Waals surface area contributed by atoms with Crippen molar-refractivity contribution in [2.24, 2.45) is 11.8 Å². The number of para-hydroxylation sites is 1. The molecule has 2 fully saturated rings. The van der Waals surface area contributed by atoms with Crippen molar-refractivity contribution in [1.82, 2.24) is 4.90 Å². The highest BCUT2D eigenvalue weighted by atomic mass is 16.5. The van der Waals surface area contributed by atoms with E-state index in [2.05, 4.69) is 0 Å². The number of rotatable bonds is 3. The molecule has 5 rings (SSSR count). The zero-order valence-corrected chi connectivity index (χ0v) is 17.7. The first kappa shape index (κ1) is 19.6. The first-order valence-electron chi connectivity index (χ1n) is 10.5. The number of amides is 3.